The summed E-state index contributed by atoms with van der Waals surface area (Å²) in [7, 11) is 0. The smallest absolute Gasteiger partial charge is 0.0795 e. The summed E-state index contributed by atoms with van der Waals surface area (Å²) in [5.41, 5.74) is 16.7. The van der Waals surface area contributed by atoms with Gasteiger partial charge >= 0.3 is 0 Å². The van der Waals surface area contributed by atoms with E-state index >= 15 is 0 Å². The predicted molar refractivity (Wildman–Crippen MR) is 110 cm³/mol. The third-order valence-corrected chi connectivity index (χ3v) is 5.57. The molecule has 0 spiro atoms. The van der Waals surface area contributed by atoms with E-state index in [0.29, 0.717) is 0 Å². The number of fused-ring (bicyclic) bond motifs is 6. The molecule has 0 fully saturated rings. The van der Waals surface area contributed by atoms with Crippen LogP contribution in [-0.4, -0.2) is 0 Å². The van der Waals surface area contributed by atoms with Gasteiger partial charge in [-0.25, -0.2) is 4.99 Å². The molecular weight excluding hydrogens is 328 g/mol. The van der Waals surface area contributed by atoms with Crippen LogP contribution in [0.2, 0.25) is 0 Å². The number of nitrogens with zero attached hydrogens (tertiary/aromatic N) is 1. The van der Waals surface area contributed by atoms with Gasteiger partial charge < -0.3 is 5.73 Å². The first-order valence-electron chi connectivity index (χ1n) is 9.13. The Morgan fingerprint density at radius 1 is 0.556 bits per heavy atom. The molecule has 2 N–H and O–H groups in total. The number of hydrogen-bond donors (Lipinski definition) is 1. The highest BCUT2D eigenvalue weighted by molar-refractivity contribution is 6.04. The molecule has 6 rings (SSSR count). The fraction of sp³-hybridized carbons (Fsp3) is 0. The third-order valence-electron chi connectivity index (χ3n) is 5.57. The minimum atomic E-state index is 0.812. The van der Waals surface area contributed by atoms with E-state index in [2.05, 4.69) is 66.7 Å². The van der Waals surface area contributed by atoms with Crippen molar-refractivity contribution >= 4 is 16.9 Å². The van der Waals surface area contributed by atoms with Gasteiger partial charge in [0.05, 0.1) is 11.0 Å². The zero-order valence-electron chi connectivity index (χ0n) is 14.6. The molecular formula is C25H16N2. The van der Waals surface area contributed by atoms with Crippen molar-refractivity contribution in [3.8, 4) is 22.3 Å². The lowest BCUT2D eigenvalue weighted by Gasteiger charge is -2.07. The lowest BCUT2D eigenvalue weighted by molar-refractivity contribution is 1.35. The monoisotopic (exact) mass is 344 g/mol. The molecule has 0 bridgehead atoms. The fourth-order valence-corrected chi connectivity index (χ4v) is 4.43. The van der Waals surface area contributed by atoms with Crippen LogP contribution in [0.15, 0.2) is 89.9 Å². The van der Waals surface area contributed by atoms with E-state index in [4.69, 9.17) is 10.7 Å². The molecule has 0 saturated carbocycles. The molecule has 2 nitrogen and oxygen atoms in total. The van der Waals surface area contributed by atoms with Gasteiger partial charge in [-0.3, -0.25) is 0 Å². The van der Waals surface area contributed by atoms with Crippen LogP contribution in [0, 0.1) is 0 Å². The second kappa shape index (κ2) is 5.18. The predicted octanol–water partition coefficient (Wildman–Crippen LogP) is 4.43. The SMILES string of the molecule is Nc1cccc2c1C(=c1cccc3c1=Nc1ccccc1-3)c1ccccc1-2. The van der Waals surface area contributed by atoms with Gasteiger partial charge in [0.15, 0.2) is 0 Å². The number of rotatable bonds is 0. The van der Waals surface area contributed by atoms with E-state index in [1.807, 2.05) is 18.2 Å². The van der Waals surface area contributed by atoms with E-state index in [-0.39, 0.29) is 0 Å². The average molecular weight is 344 g/mol. The first-order valence-corrected chi connectivity index (χ1v) is 9.13. The molecule has 0 amide bonds. The largest absolute Gasteiger partial charge is 0.398 e. The Hall–Kier alpha value is -3.65. The summed E-state index contributed by atoms with van der Waals surface area (Å²) in [5, 5.41) is 2.19. The first kappa shape index (κ1) is 14.5. The van der Waals surface area contributed by atoms with E-state index in [0.717, 1.165) is 27.5 Å². The molecule has 1 aliphatic carbocycles. The number of nitrogens with two attached hydrogens (primary N) is 1. The highest BCUT2D eigenvalue weighted by Crippen LogP contribution is 2.45. The van der Waals surface area contributed by atoms with Crippen LogP contribution in [0.4, 0.5) is 11.4 Å². The molecule has 0 atom stereocenters. The highest BCUT2D eigenvalue weighted by atomic mass is 14.8. The zero-order chi connectivity index (χ0) is 18.0. The van der Waals surface area contributed by atoms with Gasteiger partial charge in [0.1, 0.15) is 0 Å². The molecule has 0 unspecified atom stereocenters. The summed E-state index contributed by atoms with van der Waals surface area (Å²) in [4.78, 5) is 4.97. The summed E-state index contributed by atoms with van der Waals surface area (Å²) in [6.45, 7) is 0. The number of anilines is 1. The Morgan fingerprint density at radius 2 is 1.22 bits per heavy atom. The van der Waals surface area contributed by atoms with E-state index in [1.54, 1.807) is 0 Å². The molecule has 2 aliphatic rings. The van der Waals surface area contributed by atoms with Gasteiger partial charge in [0, 0.05) is 33.2 Å². The zero-order valence-corrected chi connectivity index (χ0v) is 14.6. The number of benzene rings is 4. The van der Waals surface area contributed by atoms with Crippen molar-refractivity contribution in [2.75, 3.05) is 5.73 Å². The molecule has 27 heavy (non-hydrogen) atoms. The van der Waals surface area contributed by atoms with Crippen molar-refractivity contribution in [2.45, 2.75) is 0 Å². The molecule has 1 aliphatic heterocycles. The van der Waals surface area contributed by atoms with E-state index < -0.39 is 0 Å². The molecule has 0 saturated heterocycles. The Bertz CT molecular complexity index is 1380. The normalized spacial score (nSPS) is 14.8. The van der Waals surface area contributed by atoms with E-state index in [1.165, 1.54) is 33.4 Å². The molecule has 4 aromatic rings. The average Bonchev–Trinajstić information content (AvgIpc) is 3.25. The topological polar surface area (TPSA) is 38.4 Å². The van der Waals surface area contributed by atoms with Crippen LogP contribution in [0.1, 0.15) is 11.1 Å². The van der Waals surface area contributed by atoms with Crippen LogP contribution in [-0.2, 0) is 0 Å². The van der Waals surface area contributed by atoms with Crippen molar-refractivity contribution in [3.05, 3.63) is 107 Å². The lowest BCUT2D eigenvalue weighted by atomic mass is 9.97. The van der Waals surface area contributed by atoms with Gasteiger partial charge in [-0.1, -0.05) is 72.8 Å². The van der Waals surface area contributed by atoms with Gasteiger partial charge in [-0.2, -0.15) is 0 Å². The Kier molecular flexibility index (Phi) is 2.78. The van der Waals surface area contributed by atoms with Crippen molar-refractivity contribution in [1.82, 2.24) is 0 Å². The maximum Gasteiger partial charge on any atom is 0.0795 e. The van der Waals surface area contributed by atoms with Crippen molar-refractivity contribution in [3.63, 3.8) is 0 Å². The summed E-state index contributed by atoms with van der Waals surface area (Å²) in [6, 6.07) is 29.5. The van der Waals surface area contributed by atoms with Gasteiger partial charge in [-0.05, 0) is 28.8 Å². The first-order chi connectivity index (χ1) is 13.3. The maximum absolute atomic E-state index is 6.46. The van der Waals surface area contributed by atoms with Crippen LogP contribution < -0.4 is 16.3 Å². The maximum atomic E-state index is 6.46. The number of para-hydroxylation sites is 2. The van der Waals surface area contributed by atoms with Crippen molar-refractivity contribution in [1.29, 1.82) is 0 Å². The molecule has 0 radical (unpaired) electrons. The molecule has 4 aromatic carbocycles. The Morgan fingerprint density at radius 3 is 2.11 bits per heavy atom. The minimum absolute atomic E-state index is 0.812. The third kappa shape index (κ3) is 1.87. The number of hydrogen-bond acceptors (Lipinski definition) is 2. The number of nitrogen functional groups attached to an aromatic ring is 1. The summed E-state index contributed by atoms with van der Waals surface area (Å²) in [5.74, 6) is 0. The fourth-order valence-electron chi connectivity index (χ4n) is 4.43. The summed E-state index contributed by atoms with van der Waals surface area (Å²) in [6.07, 6.45) is 0. The molecule has 1 heterocycles. The Labute approximate surface area is 157 Å². The van der Waals surface area contributed by atoms with Crippen LogP contribution in [0.5, 0.6) is 0 Å². The molecule has 126 valence electrons. The van der Waals surface area contributed by atoms with Gasteiger partial charge in [0.25, 0.3) is 0 Å². The van der Waals surface area contributed by atoms with Crippen LogP contribution in [0.25, 0.3) is 27.8 Å². The van der Waals surface area contributed by atoms with Crippen LogP contribution >= 0.6 is 0 Å². The van der Waals surface area contributed by atoms with Crippen molar-refractivity contribution < 1.29 is 0 Å². The minimum Gasteiger partial charge on any atom is -0.398 e. The second-order valence-corrected chi connectivity index (χ2v) is 7.02. The van der Waals surface area contributed by atoms with Gasteiger partial charge in [-0.15, -0.1) is 0 Å². The van der Waals surface area contributed by atoms with Crippen LogP contribution in [0.3, 0.4) is 0 Å². The van der Waals surface area contributed by atoms with Gasteiger partial charge in [0.2, 0.25) is 0 Å². The lowest BCUT2D eigenvalue weighted by Crippen LogP contribution is -2.27. The second-order valence-electron chi connectivity index (χ2n) is 7.02. The summed E-state index contributed by atoms with van der Waals surface area (Å²) < 4.78 is 0. The highest BCUT2D eigenvalue weighted by Gasteiger charge is 2.26. The summed E-state index contributed by atoms with van der Waals surface area (Å²) >= 11 is 0. The molecule has 2 heteroatoms. The molecule has 0 aromatic heterocycles. The van der Waals surface area contributed by atoms with E-state index in [9.17, 15) is 0 Å². The standard InChI is InChI=1S/C25H16N2/c26-21-13-6-10-18-15-7-1-2-9-17(15)23(24(18)21)20-12-5-11-19-16-8-3-4-14-22(16)27-25(19)20/h1-14H,26H2. The quantitative estimate of drug-likeness (QED) is 0.407. The Balaban J connectivity index is 1.84. The van der Waals surface area contributed by atoms with Crippen molar-refractivity contribution in [2.24, 2.45) is 4.99 Å².